The summed E-state index contributed by atoms with van der Waals surface area (Å²) in [5.74, 6) is 0.630. The van der Waals surface area contributed by atoms with Crippen LogP contribution in [0.1, 0.15) is 18.4 Å². The van der Waals surface area contributed by atoms with Crippen LogP contribution in [-0.2, 0) is 11.2 Å². The van der Waals surface area contributed by atoms with E-state index >= 15 is 0 Å². The minimum Gasteiger partial charge on any atom is -0.502 e. The molecule has 2 heteroatoms. The molecule has 0 radical (unpaired) electrons. The molecular weight excluding hydrogens is 227 g/mol. The highest BCUT2D eigenvalue weighted by atomic mass is 19.1. The van der Waals surface area contributed by atoms with E-state index in [1.54, 1.807) is 19.2 Å². The molecule has 0 fully saturated rings. The number of aryl methyl sites for hydroxylation is 1. The van der Waals surface area contributed by atoms with Gasteiger partial charge in [-0.15, -0.1) is 0 Å². The van der Waals surface area contributed by atoms with Gasteiger partial charge in [-0.25, -0.2) is 4.39 Å². The molecule has 0 heterocycles. The van der Waals surface area contributed by atoms with Crippen LogP contribution in [0.5, 0.6) is 0 Å². The summed E-state index contributed by atoms with van der Waals surface area (Å²) in [6.45, 7) is 3.78. The molecule has 0 aliphatic heterocycles. The average molecular weight is 244 g/mol. The Balaban J connectivity index is 2.12. The number of benzene rings is 2. The molecule has 0 unspecified atom stereocenters. The molecular formula is C16H17FO. The first-order chi connectivity index (χ1) is 8.70. The summed E-state index contributed by atoms with van der Waals surface area (Å²) in [6, 6.07) is 11.2. The largest absolute Gasteiger partial charge is 0.502 e. The fourth-order valence-electron chi connectivity index (χ4n) is 2.06. The van der Waals surface area contributed by atoms with E-state index in [0.29, 0.717) is 5.39 Å². The summed E-state index contributed by atoms with van der Waals surface area (Å²) in [5, 5.41) is 1.64. The fourth-order valence-corrected chi connectivity index (χ4v) is 2.06. The minimum atomic E-state index is -0.145. The predicted octanol–water partition coefficient (Wildman–Crippen LogP) is 4.46. The quantitative estimate of drug-likeness (QED) is 0.705. The Morgan fingerprint density at radius 2 is 2.06 bits per heavy atom. The molecule has 94 valence electrons. The van der Waals surface area contributed by atoms with Crippen LogP contribution in [0.25, 0.3) is 10.8 Å². The van der Waals surface area contributed by atoms with E-state index in [1.807, 2.05) is 24.3 Å². The molecule has 0 aromatic heterocycles. The third kappa shape index (κ3) is 2.89. The number of allylic oxidation sites excluding steroid dienone is 1. The number of hydrogen-bond donors (Lipinski definition) is 0. The van der Waals surface area contributed by atoms with Gasteiger partial charge in [-0.3, -0.25) is 0 Å². The Labute approximate surface area is 107 Å². The van der Waals surface area contributed by atoms with E-state index in [-0.39, 0.29) is 5.82 Å². The average Bonchev–Trinajstić information content (AvgIpc) is 2.38. The zero-order chi connectivity index (χ0) is 13.0. The maximum absolute atomic E-state index is 13.9. The Kier molecular flexibility index (Phi) is 3.98. The summed E-state index contributed by atoms with van der Waals surface area (Å²) in [4.78, 5) is 0. The van der Waals surface area contributed by atoms with Crippen molar-refractivity contribution in [2.75, 3.05) is 7.11 Å². The van der Waals surface area contributed by atoms with Crippen molar-refractivity contribution in [2.24, 2.45) is 0 Å². The molecule has 0 bridgehead atoms. The third-order valence-electron chi connectivity index (χ3n) is 3.08. The van der Waals surface area contributed by atoms with Gasteiger partial charge in [-0.1, -0.05) is 36.9 Å². The van der Waals surface area contributed by atoms with E-state index in [0.717, 1.165) is 36.0 Å². The van der Waals surface area contributed by atoms with Gasteiger partial charge in [-0.2, -0.15) is 0 Å². The normalized spacial score (nSPS) is 10.6. The standard InChI is InChI=1S/C16H17FO/c1-12(18-2)6-5-7-13-10-14-8-3-4-9-15(14)16(17)11-13/h3-4,8-11H,1,5-7H2,2H3. The summed E-state index contributed by atoms with van der Waals surface area (Å²) in [6.07, 6.45) is 2.57. The van der Waals surface area contributed by atoms with Crippen LogP contribution < -0.4 is 0 Å². The second-order valence-electron chi connectivity index (χ2n) is 4.40. The SMILES string of the molecule is C=C(CCCc1cc(F)c2ccccc2c1)OC. The number of methoxy groups -OCH3 is 1. The molecule has 0 N–H and O–H groups in total. The molecule has 2 rings (SSSR count). The number of halogens is 1. The van der Waals surface area contributed by atoms with E-state index in [2.05, 4.69) is 6.58 Å². The molecule has 0 spiro atoms. The van der Waals surface area contributed by atoms with E-state index < -0.39 is 0 Å². The molecule has 0 aliphatic carbocycles. The van der Waals surface area contributed by atoms with Crippen molar-refractivity contribution < 1.29 is 9.13 Å². The summed E-state index contributed by atoms with van der Waals surface area (Å²) < 4.78 is 18.9. The van der Waals surface area contributed by atoms with Gasteiger partial charge in [0.25, 0.3) is 0 Å². The van der Waals surface area contributed by atoms with Crippen molar-refractivity contribution in [3.05, 3.63) is 60.1 Å². The number of hydrogen-bond acceptors (Lipinski definition) is 1. The Bertz CT molecular complexity index is 560. The maximum atomic E-state index is 13.9. The Hall–Kier alpha value is -1.83. The second kappa shape index (κ2) is 5.67. The van der Waals surface area contributed by atoms with Gasteiger partial charge in [0, 0.05) is 11.8 Å². The Morgan fingerprint density at radius 1 is 1.28 bits per heavy atom. The minimum absolute atomic E-state index is 0.145. The lowest BCUT2D eigenvalue weighted by atomic mass is 10.0. The van der Waals surface area contributed by atoms with E-state index in [9.17, 15) is 4.39 Å². The van der Waals surface area contributed by atoms with Gasteiger partial charge in [-0.05, 0) is 29.9 Å². The first kappa shape index (κ1) is 12.6. The highest BCUT2D eigenvalue weighted by Gasteiger charge is 2.03. The zero-order valence-electron chi connectivity index (χ0n) is 10.6. The van der Waals surface area contributed by atoms with Crippen molar-refractivity contribution in [3.8, 4) is 0 Å². The van der Waals surface area contributed by atoms with Gasteiger partial charge < -0.3 is 4.74 Å². The number of fused-ring (bicyclic) bond motifs is 1. The number of ether oxygens (including phenoxy) is 1. The van der Waals surface area contributed by atoms with Gasteiger partial charge in [0.05, 0.1) is 12.9 Å². The molecule has 0 atom stereocenters. The fraction of sp³-hybridized carbons (Fsp3) is 0.250. The first-order valence-corrected chi connectivity index (χ1v) is 6.09. The third-order valence-corrected chi connectivity index (χ3v) is 3.08. The monoisotopic (exact) mass is 244 g/mol. The lowest BCUT2D eigenvalue weighted by Crippen LogP contribution is -1.91. The van der Waals surface area contributed by atoms with Crippen LogP contribution >= 0.6 is 0 Å². The zero-order valence-corrected chi connectivity index (χ0v) is 10.6. The van der Waals surface area contributed by atoms with Crippen LogP contribution in [0, 0.1) is 5.82 Å². The van der Waals surface area contributed by atoms with Gasteiger partial charge in [0.15, 0.2) is 0 Å². The van der Waals surface area contributed by atoms with Gasteiger partial charge in [0.1, 0.15) is 5.82 Å². The topological polar surface area (TPSA) is 9.23 Å². The summed E-state index contributed by atoms with van der Waals surface area (Å²) in [5.41, 5.74) is 1.02. The molecule has 1 nitrogen and oxygen atoms in total. The molecule has 2 aromatic carbocycles. The van der Waals surface area contributed by atoms with E-state index in [4.69, 9.17) is 4.74 Å². The second-order valence-corrected chi connectivity index (χ2v) is 4.40. The number of rotatable bonds is 5. The maximum Gasteiger partial charge on any atom is 0.131 e. The molecule has 0 amide bonds. The van der Waals surface area contributed by atoms with Crippen molar-refractivity contribution in [1.29, 1.82) is 0 Å². The first-order valence-electron chi connectivity index (χ1n) is 6.09. The van der Waals surface area contributed by atoms with Crippen molar-refractivity contribution in [2.45, 2.75) is 19.3 Å². The van der Waals surface area contributed by atoms with Crippen LogP contribution in [0.2, 0.25) is 0 Å². The van der Waals surface area contributed by atoms with Crippen molar-refractivity contribution >= 4 is 10.8 Å². The molecule has 0 saturated heterocycles. The van der Waals surface area contributed by atoms with Crippen LogP contribution in [0.15, 0.2) is 48.7 Å². The van der Waals surface area contributed by atoms with Crippen LogP contribution in [-0.4, -0.2) is 7.11 Å². The molecule has 0 aliphatic rings. The lowest BCUT2D eigenvalue weighted by Gasteiger charge is -2.06. The van der Waals surface area contributed by atoms with Crippen molar-refractivity contribution in [1.82, 2.24) is 0 Å². The van der Waals surface area contributed by atoms with Gasteiger partial charge >= 0.3 is 0 Å². The highest BCUT2D eigenvalue weighted by Crippen LogP contribution is 2.21. The molecule has 18 heavy (non-hydrogen) atoms. The molecule has 0 saturated carbocycles. The van der Waals surface area contributed by atoms with Crippen molar-refractivity contribution in [3.63, 3.8) is 0 Å². The molecule has 2 aromatic rings. The van der Waals surface area contributed by atoms with Crippen LogP contribution in [0.3, 0.4) is 0 Å². The Morgan fingerprint density at radius 3 is 2.83 bits per heavy atom. The van der Waals surface area contributed by atoms with Crippen LogP contribution in [0.4, 0.5) is 4.39 Å². The highest BCUT2D eigenvalue weighted by molar-refractivity contribution is 5.83. The predicted molar refractivity (Wildman–Crippen MR) is 73.0 cm³/mol. The van der Waals surface area contributed by atoms with Gasteiger partial charge in [0.2, 0.25) is 0 Å². The van der Waals surface area contributed by atoms with E-state index in [1.165, 1.54) is 0 Å². The smallest absolute Gasteiger partial charge is 0.131 e. The summed E-state index contributed by atoms with van der Waals surface area (Å²) in [7, 11) is 1.62. The summed E-state index contributed by atoms with van der Waals surface area (Å²) >= 11 is 0. The lowest BCUT2D eigenvalue weighted by molar-refractivity contribution is 0.277.